The summed E-state index contributed by atoms with van der Waals surface area (Å²) in [5.41, 5.74) is 5.97. The smallest absolute Gasteiger partial charge is 0.270 e. The van der Waals surface area contributed by atoms with E-state index in [2.05, 4.69) is 10.3 Å². The summed E-state index contributed by atoms with van der Waals surface area (Å²) in [7, 11) is 0. The van der Waals surface area contributed by atoms with Gasteiger partial charge in [-0.2, -0.15) is 0 Å². The SMILES string of the molecule is Nc1nc(C(=O)NCC2CC3CCC2C3)cs1. The van der Waals surface area contributed by atoms with Gasteiger partial charge >= 0.3 is 0 Å². The number of nitrogens with two attached hydrogens (primary N) is 1. The second-order valence-corrected chi connectivity index (χ2v) is 6.11. The highest BCUT2D eigenvalue weighted by molar-refractivity contribution is 7.13. The Hall–Kier alpha value is -1.10. The summed E-state index contributed by atoms with van der Waals surface area (Å²) in [5, 5.41) is 5.16. The van der Waals surface area contributed by atoms with Crippen molar-refractivity contribution in [1.29, 1.82) is 0 Å². The van der Waals surface area contributed by atoms with E-state index in [1.807, 2.05) is 0 Å². The van der Waals surface area contributed by atoms with Crippen LogP contribution in [0.25, 0.3) is 0 Å². The molecule has 4 nitrogen and oxygen atoms in total. The van der Waals surface area contributed by atoms with Gasteiger partial charge in [0, 0.05) is 11.9 Å². The summed E-state index contributed by atoms with van der Waals surface area (Å²) in [6.07, 6.45) is 5.43. The zero-order valence-electron chi connectivity index (χ0n) is 9.69. The number of hydrogen-bond donors (Lipinski definition) is 2. The largest absolute Gasteiger partial charge is 0.375 e. The molecular formula is C12H17N3OS. The first-order chi connectivity index (χ1) is 8.22. The molecule has 3 atom stereocenters. The third kappa shape index (κ3) is 2.16. The number of fused-ring (bicyclic) bond motifs is 2. The Bertz CT molecular complexity index is 431. The molecule has 0 spiro atoms. The molecule has 0 radical (unpaired) electrons. The molecule has 3 unspecified atom stereocenters. The number of nitrogens with zero attached hydrogens (tertiary/aromatic N) is 1. The van der Waals surface area contributed by atoms with E-state index < -0.39 is 0 Å². The minimum absolute atomic E-state index is 0.0827. The van der Waals surface area contributed by atoms with Crippen LogP contribution in [0, 0.1) is 17.8 Å². The maximum Gasteiger partial charge on any atom is 0.270 e. The van der Waals surface area contributed by atoms with Gasteiger partial charge in [-0.05, 0) is 37.0 Å². The molecule has 1 aromatic heterocycles. The number of thiazole rings is 1. The van der Waals surface area contributed by atoms with Crippen LogP contribution in [-0.2, 0) is 0 Å². The van der Waals surface area contributed by atoms with Crippen molar-refractivity contribution in [2.75, 3.05) is 12.3 Å². The summed E-state index contributed by atoms with van der Waals surface area (Å²) in [4.78, 5) is 15.8. The molecule has 1 heterocycles. The number of aromatic nitrogens is 1. The molecule has 2 saturated carbocycles. The van der Waals surface area contributed by atoms with Gasteiger partial charge in [0.05, 0.1) is 0 Å². The zero-order chi connectivity index (χ0) is 11.8. The number of nitrogens with one attached hydrogen (secondary N) is 1. The highest BCUT2D eigenvalue weighted by atomic mass is 32.1. The number of anilines is 1. The molecule has 3 N–H and O–H groups in total. The Morgan fingerprint density at radius 2 is 2.41 bits per heavy atom. The number of amides is 1. The van der Waals surface area contributed by atoms with Crippen molar-refractivity contribution in [3.8, 4) is 0 Å². The molecule has 2 aliphatic carbocycles. The van der Waals surface area contributed by atoms with E-state index in [-0.39, 0.29) is 5.91 Å². The number of rotatable bonds is 3. The first kappa shape index (κ1) is 11.0. The van der Waals surface area contributed by atoms with Gasteiger partial charge in [-0.3, -0.25) is 4.79 Å². The van der Waals surface area contributed by atoms with Crippen LogP contribution < -0.4 is 11.1 Å². The van der Waals surface area contributed by atoms with Gasteiger partial charge in [-0.15, -0.1) is 11.3 Å². The van der Waals surface area contributed by atoms with Gasteiger partial charge in [0.2, 0.25) is 0 Å². The molecule has 3 rings (SSSR count). The normalized spacial score (nSPS) is 30.7. The lowest BCUT2D eigenvalue weighted by atomic mass is 9.89. The van der Waals surface area contributed by atoms with Crippen molar-refractivity contribution in [3.05, 3.63) is 11.1 Å². The maximum atomic E-state index is 11.8. The molecule has 2 bridgehead atoms. The van der Waals surface area contributed by atoms with E-state index in [0.717, 1.165) is 18.4 Å². The number of carbonyl (C=O) groups excluding carboxylic acids is 1. The fourth-order valence-electron chi connectivity index (χ4n) is 3.33. The molecule has 2 fully saturated rings. The highest BCUT2D eigenvalue weighted by Gasteiger charge is 2.39. The van der Waals surface area contributed by atoms with Gasteiger partial charge in [0.1, 0.15) is 5.69 Å². The van der Waals surface area contributed by atoms with Crippen molar-refractivity contribution in [2.24, 2.45) is 17.8 Å². The van der Waals surface area contributed by atoms with Crippen LogP contribution in [0.4, 0.5) is 5.13 Å². The van der Waals surface area contributed by atoms with Crippen molar-refractivity contribution < 1.29 is 4.79 Å². The Morgan fingerprint density at radius 3 is 3.00 bits per heavy atom. The predicted octanol–water partition coefficient (Wildman–Crippen LogP) is 1.89. The molecule has 0 saturated heterocycles. The van der Waals surface area contributed by atoms with Crippen LogP contribution in [0.3, 0.4) is 0 Å². The Labute approximate surface area is 105 Å². The monoisotopic (exact) mass is 251 g/mol. The molecule has 1 amide bonds. The fraction of sp³-hybridized carbons (Fsp3) is 0.667. The average Bonchev–Trinajstić information content (AvgIpc) is 3.01. The van der Waals surface area contributed by atoms with E-state index in [4.69, 9.17) is 5.73 Å². The van der Waals surface area contributed by atoms with Crippen LogP contribution in [0.5, 0.6) is 0 Å². The molecule has 92 valence electrons. The zero-order valence-corrected chi connectivity index (χ0v) is 10.5. The summed E-state index contributed by atoms with van der Waals surface area (Å²) in [6.45, 7) is 0.803. The Balaban J connectivity index is 1.53. The second kappa shape index (κ2) is 4.29. The van der Waals surface area contributed by atoms with Crippen LogP contribution in [-0.4, -0.2) is 17.4 Å². The molecule has 2 aliphatic rings. The third-order valence-corrected chi connectivity index (χ3v) is 4.84. The van der Waals surface area contributed by atoms with Gasteiger partial charge in [-0.25, -0.2) is 4.98 Å². The molecular weight excluding hydrogens is 234 g/mol. The van der Waals surface area contributed by atoms with Crippen molar-refractivity contribution in [3.63, 3.8) is 0 Å². The first-order valence-corrected chi connectivity index (χ1v) is 7.09. The van der Waals surface area contributed by atoms with E-state index in [0.29, 0.717) is 16.7 Å². The summed E-state index contributed by atoms with van der Waals surface area (Å²) in [6, 6.07) is 0. The topological polar surface area (TPSA) is 68.0 Å². The molecule has 1 aromatic rings. The summed E-state index contributed by atoms with van der Waals surface area (Å²) in [5.74, 6) is 2.38. The van der Waals surface area contributed by atoms with Gasteiger partial charge in [0.15, 0.2) is 5.13 Å². The van der Waals surface area contributed by atoms with Crippen molar-refractivity contribution in [1.82, 2.24) is 10.3 Å². The van der Waals surface area contributed by atoms with E-state index in [1.165, 1.54) is 37.0 Å². The Morgan fingerprint density at radius 1 is 1.53 bits per heavy atom. The minimum Gasteiger partial charge on any atom is -0.375 e. The van der Waals surface area contributed by atoms with Crippen LogP contribution in [0.1, 0.15) is 36.2 Å². The molecule has 17 heavy (non-hydrogen) atoms. The van der Waals surface area contributed by atoms with Crippen molar-refractivity contribution in [2.45, 2.75) is 25.7 Å². The predicted molar refractivity (Wildman–Crippen MR) is 67.8 cm³/mol. The third-order valence-electron chi connectivity index (χ3n) is 4.16. The van der Waals surface area contributed by atoms with Crippen LogP contribution >= 0.6 is 11.3 Å². The fourth-order valence-corrected chi connectivity index (χ4v) is 3.88. The van der Waals surface area contributed by atoms with E-state index in [9.17, 15) is 4.79 Å². The quantitative estimate of drug-likeness (QED) is 0.862. The lowest BCUT2D eigenvalue weighted by molar-refractivity contribution is 0.0937. The highest BCUT2D eigenvalue weighted by Crippen LogP contribution is 2.47. The summed E-state index contributed by atoms with van der Waals surface area (Å²) < 4.78 is 0. The lowest BCUT2D eigenvalue weighted by Gasteiger charge is -2.21. The molecule has 5 heteroatoms. The van der Waals surface area contributed by atoms with Crippen molar-refractivity contribution >= 4 is 22.4 Å². The standard InChI is InChI=1S/C12H17N3OS/c13-12-15-10(6-17-12)11(16)14-5-9-4-7-1-2-8(9)3-7/h6-9H,1-5H2,(H2,13,15)(H,14,16). The van der Waals surface area contributed by atoms with E-state index >= 15 is 0 Å². The van der Waals surface area contributed by atoms with E-state index in [1.54, 1.807) is 5.38 Å². The lowest BCUT2D eigenvalue weighted by Crippen LogP contribution is -2.31. The number of carbonyl (C=O) groups is 1. The second-order valence-electron chi connectivity index (χ2n) is 5.22. The summed E-state index contributed by atoms with van der Waals surface area (Å²) >= 11 is 1.31. The number of nitrogen functional groups attached to an aromatic ring is 1. The van der Waals surface area contributed by atoms with Gasteiger partial charge in [0.25, 0.3) is 5.91 Å². The average molecular weight is 251 g/mol. The molecule has 0 aliphatic heterocycles. The molecule has 0 aromatic carbocycles. The number of hydrogen-bond acceptors (Lipinski definition) is 4. The maximum absolute atomic E-state index is 11.8. The van der Waals surface area contributed by atoms with Gasteiger partial charge in [-0.1, -0.05) is 6.42 Å². The first-order valence-electron chi connectivity index (χ1n) is 6.21. The van der Waals surface area contributed by atoms with Gasteiger partial charge < -0.3 is 11.1 Å². The van der Waals surface area contributed by atoms with Crippen LogP contribution in [0.2, 0.25) is 0 Å². The van der Waals surface area contributed by atoms with Crippen LogP contribution in [0.15, 0.2) is 5.38 Å². The minimum atomic E-state index is -0.0827. The Kier molecular flexibility index (Phi) is 2.78.